The summed E-state index contributed by atoms with van der Waals surface area (Å²) in [6.45, 7) is 21.9. The highest BCUT2D eigenvalue weighted by Gasteiger charge is 2.68. The first kappa shape index (κ1) is 27.5. The summed E-state index contributed by atoms with van der Waals surface area (Å²) in [6, 6.07) is 4.10. The van der Waals surface area contributed by atoms with Gasteiger partial charge in [0.05, 0.1) is 11.7 Å². The lowest BCUT2D eigenvalue weighted by molar-refractivity contribution is -0.185. The predicted octanol–water partition coefficient (Wildman–Crippen LogP) is 5.52. The fourth-order valence-corrected chi connectivity index (χ4v) is 18.0. The molecule has 5 rings (SSSR count). The third-order valence-corrected chi connectivity index (χ3v) is 16.5. The minimum atomic E-state index is -1.71. The van der Waals surface area contributed by atoms with Crippen LogP contribution in [0.2, 0.25) is 39.3 Å². The summed E-state index contributed by atoms with van der Waals surface area (Å²) in [5.74, 6) is 1.44. The maximum atomic E-state index is 6.98. The summed E-state index contributed by atoms with van der Waals surface area (Å²) in [5, 5.41) is 0. The third-order valence-electron chi connectivity index (χ3n) is 8.88. The monoisotopic (exact) mass is 518 g/mol. The molecule has 6 nitrogen and oxygen atoms in total. The van der Waals surface area contributed by atoms with E-state index in [1.165, 1.54) is 6.42 Å². The van der Waals surface area contributed by atoms with Crippen molar-refractivity contribution in [1.82, 2.24) is 9.22 Å². The number of ether oxygens (including phenoxy) is 2. The Morgan fingerprint density at radius 3 is 2.29 bits per heavy atom. The Balaban J connectivity index is 1.69. The van der Waals surface area contributed by atoms with Crippen molar-refractivity contribution in [3.8, 4) is 0 Å². The smallest absolute Gasteiger partial charge is 0.404 e. The number of aromatic nitrogens is 1. The quantitative estimate of drug-likeness (QED) is 0.317. The Morgan fingerprint density at radius 2 is 1.74 bits per heavy atom. The van der Waals surface area contributed by atoms with E-state index in [4.69, 9.17) is 23.8 Å². The van der Waals surface area contributed by atoms with Crippen LogP contribution in [-0.4, -0.2) is 64.7 Å². The minimum Gasteiger partial charge on any atom is -0.404 e. The average molecular weight is 519 g/mol. The molecule has 4 fully saturated rings. The van der Waals surface area contributed by atoms with Crippen LogP contribution in [0.3, 0.4) is 0 Å². The molecule has 0 spiro atoms. The van der Waals surface area contributed by atoms with Gasteiger partial charge in [0.1, 0.15) is 16.5 Å². The summed E-state index contributed by atoms with van der Waals surface area (Å²) in [7, 11) is -0.315. The van der Waals surface area contributed by atoms with Gasteiger partial charge in [-0.3, -0.25) is 4.98 Å². The van der Waals surface area contributed by atoms with Crippen molar-refractivity contribution >= 4 is 23.6 Å². The van der Waals surface area contributed by atoms with Gasteiger partial charge < -0.3 is 23.0 Å². The molecule has 3 aliphatic carbocycles. The van der Waals surface area contributed by atoms with Crippen LogP contribution >= 0.6 is 0 Å². The molecule has 1 saturated heterocycles. The number of pyridine rings is 1. The molecule has 5 atom stereocenters. The van der Waals surface area contributed by atoms with Crippen molar-refractivity contribution in [2.75, 3.05) is 14.2 Å². The molecule has 35 heavy (non-hydrogen) atoms. The van der Waals surface area contributed by atoms with Gasteiger partial charge in [0.2, 0.25) is 0 Å². The molecule has 9 heteroatoms. The molecule has 2 heterocycles. The van der Waals surface area contributed by atoms with E-state index < -0.39 is 22.8 Å². The number of methoxy groups -OCH3 is 2. The number of hydrogen-bond acceptors (Lipinski definition) is 6. The standard InChI is InChI=1S/C26H47BN2O4Si2/c1-25(2)19-15-21(25)23-26(3,17-19)33-27(32-23)22(29(34(6,7)8)35(9,10)11)16-20-14-18(12-13-28-20)24(30-4)31-5/h12-14,19,21-24H,15-17H2,1-11H3/t19-,21+,22-,23?,26+/m1/s1. The number of nitrogens with zero attached hydrogens (tertiary/aromatic N) is 2. The van der Waals surface area contributed by atoms with Gasteiger partial charge in [-0.2, -0.15) is 0 Å². The van der Waals surface area contributed by atoms with Crippen LogP contribution < -0.4 is 0 Å². The van der Waals surface area contributed by atoms with Gasteiger partial charge >= 0.3 is 7.12 Å². The van der Waals surface area contributed by atoms with Crippen molar-refractivity contribution in [3.63, 3.8) is 0 Å². The second kappa shape index (κ2) is 9.33. The van der Waals surface area contributed by atoms with Gasteiger partial charge in [-0.05, 0) is 49.1 Å². The van der Waals surface area contributed by atoms with Crippen LogP contribution in [0.15, 0.2) is 18.3 Å². The average Bonchev–Trinajstić information content (AvgIpc) is 3.09. The van der Waals surface area contributed by atoms with Crippen molar-refractivity contribution in [3.05, 3.63) is 29.6 Å². The fraction of sp³-hybridized carbons (Fsp3) is 0.808. The molecule has 1 aliphatic heterocycles. The second-order valence-corrected chi connectivity index (χ2v) is 23.9. The van der Waals surface area contributed by atoms with Crippen LogP contribution in [-0.2, 0) is 25.2 Å². The molecule has 1 aromatic heterocycles. The summed E-state index contributed by atoms with van der Waals surface area (Å²) in [6.07, 6.45) is 4.81. The Kier molecular flexibility index (Phi) is 7.32. The van der Waals surface area contributed by atoms with Crippen LogP contribution in [0.5, 0.6) is 0 Å². The topological polar surface area (TPSA) is 53.1 Å². The molecule has 0 N–H and O–H groups in total. The van der Waals surface area contributed by atoms with Crippen LogP contribution in [0.4, 0.5) is 0 Å². The first-order valence-electron chi connectivity index (χ1n) is 13.2. The van der Waals surface area contributed by atoms with Gasteiger partial charge in [-0.1, -0.05) is 53.1 Å². The maximum Gasteiger partial charge on any atom is 0.475 e. The summed E-state index contributed by atoms with van der Waals surface area (Å²) in [5.41, 5.74) is 2.18. The lowest BCUT2D eigenvalue weighted by Gasteiger charge is -2.63. The molecular weight excluding hydrogens is 471 g/mol. The Labute approximate surface area is 215 Å². The zero-order valence-electron chi connectivity index (χ0n) is 23.8. The molecule has 196 valence electrons. The van der Waals surface area contributed by atoms with E-state index in [9.17, 15) is 0 Å². The number of hydrogen-bond donors (Lipinski definition) is 0. The molecule has 1 unspecified atom stereocenters. The lowest BCUT2D eigenvalue weighted by Crippen LogP contribution is -2.67. The van der Waals surface area contributed by atoms with Crippen LogP contribution in [0, 0.1) is 17.3 Å². The molecule has 2 bridgehead atoms. The number of rotatable bonds is 9. The van der Waals surface area contributed by atoms with Crippen LogP contribution in [0.1, 0.15) is 51.2 Å². The van der Waals surface area contributed by atoms with Gasteiger partial charge in [0, 0.05) is 44.0 Å². The first-order chi connectivity index (χ1) is 16.1. The van der Waals surface area contributed by atoms with Gasteiger partial charge in [-0.25, -0.2) is 0 Å². The van der Waals surface area contributed by atoms with E-state index in [-0.39, 0.29) is 24.8 Å². The van der Waals surface area contributed by atoms with Crippen molar-refractivity contribution in [1.29, 1.82) is 0 Å². The normalized spacial score (nSPS) is 31.0. The lowest BCUT2D eigenvalue weighted by atomic mass is 9.45. The second-order valence-electron chi connectivity index (χ2n) is 13.8. The largest absolute Gasteiger partial charge is 0.475 e. The highest BCUT2D eigenvalue weighted by molar-refractivity contribution is 6.90. The Morgan fingerprint density at radius 1 is 1.11 bits per heavy atom. The SMILES string of the molecule is COC(OC)c1ccnc(C[C@H](B2OC3[C@@H]4C[C@H](C[C@]3(C)O2)C4(C)C)N([Si](C)(C)C)[Si](C)(C)C)c1. The molecule has 0 amide bonds. The molecule has 1 aromatic rings. The highest BCUT2D eigenvalue weighted by Crippen LogP contribution is 2.64. The third kappa shape index (κ3) is 4.99. The first-order valence-corrected chi connectivity index (χ1v) is 20.1. The van der Waals surface area contributed by atoms with Gasteiger partial charge in [-0.15, -0.1) is 0 Å². The van der Waals surface area contributed by atoms with Crippen LogP contribution in [0.25, 0.3) is 0 Å². The Bertz CT molecular complexity index is 903. The molecule has 0 aromatic carbocycles. The van der Waals surface area contributed by atoms with E-state index in [0.717, 1.165) is 30.0 Å². The van der Waals surface area contributed by atoms with E-state index in [2.05, 4.69) is 70.4 Å². The van der Waals surface area contributed by atoms with Crippen molar-refractivity contribution in [2.24, 2.45) is 17.3 Å². The van der Waals surface area contributed by atoms with Gasteiger partial charge in [0.15, 0.2) is 6.29 Å². The minimum absolute atomic E-state index is 0.127. The van der Waals surface area contributed by atoms with Crippen molar-refractivity contribution in [2.45, 2.75) is 103 Å². The summed E-state index contributed by atoms with van der Waals surface area (Å²) in [4.78, 5) is 4.78. The molecule has 3 saturated carbocycles. The summed E-state index contributed by atoms with van der Waals surface area (Å²) < 4.78 is 27.8. The predicted molar refractivity (Wildman–Crippen MR) is 147 cm³/mol. The van der Waals surface area contributed by atoms with E-state index in [1.54, 1.807) is 14.2 Å². The summed E-state index contributed by atoms with van der Waals surface area (Å²) >= 11 is 0. The fourth-order valence-electron chi connectivity index (χ4n) is 7.56. The molecule has 0 radical (unpaired) electrons. The van der Waals surface area contributed by atoms with Gasteiger partial charge in [0.25, 0.3) is 0 Å². The van der Waals surface area contributed by atoms with E-state index in [1.807, 2.05) is 12.3 Å². The van der Waals surface area contributed by atoms with Crippen molar-refractivity contribution < 1.29 is 18.8 Å². The molecule has 4 aliphatic rings. The zero-order chi connectivity index (χ0) is 26.0. The highest BCUT2D eigenvalue weighted by atomic mass is 28.4. The molecular formula is C26H47BN2O4Si2. The van der Waals surface area contributed by atoms with E-state index in [0.29, 0.717) is 11.3 Å². The zero-order valence-corrected chi connectivity index (χ0v) is 25.8. The maximum absolute atomic E-state index is 6.98. The van der Waals surface area contributed by atoms with E-state index >= 15 is 0 Å². The Hall–Kier alpha value is -0.551.